The molecule has 0 aromatic carbocycles. The zero-order valence-corrected chi connectivity index (χ0v) is 16.2. The SMILES string of the molecule is Cc1nn(CC(C)C(=O)NC(C)C2CC3CCC2C3)c(C)c1Br. The first-order valence-corrected chi connectivity index (χ1v) is 9.66. The average Bonchev–Trinajstić information content (AvgIpc) is 3.20. The van der Waals surface area contributed by atoms with Crippen molar-refractivity contribution in [2.45, 2.75) is 66.0 Å². The van der Waals surface area contributed by atoms with E-state index in [4.69, 9.17) is 0 Å². The third kappa shape index (κ3) is 3.35. The highest BCUT2D eigenvalue weighted by atomic mass is 79.9. The molecular formula is C18H28BrN3O. The maximum atomic E-state index is 12.6. The molecule has 2 aliphatic carbocycles. The number of hydrogen-bond donors (Lipinski definition) is 1. The minimum Gasteiger partial charge on any atom is -0.353 e. The van der Waals surface area contributed by atoms with Gasteiger partial charge in [-0.1, -0.05) is 13.3 Å². The fourth-order valence-electron chi connectivity index (χ4n) is 4.58. The molecule has 4 nitrogen and oxygen atoms in total. The number of amides is 1. The number of carbonyl (C=O) groups is 1. The van der Waals surface area contributed by atoms with Crippen LogP contribution in [-0.4, -0.2) is 21.7 Å². The standard InChI is InChI=1S/C18H28BrN3O/c1-10(9-22-13(4)17(19)12(3)21-22)18(23)20-11(2)16-8-14-5-6-15(16)7-14/h10-11,14-16H,5-9H2,1-4H3,(H,20,23). The Balaban J connectivity index is 1.56. The summed E-state index contributed by atoms with van der Waals surface area (Å²) >= 11 is 3.55. The summed E-state index contributed by atoms with van der Waals surface area (Å²) in [5.74, 6) is 2.55. The highest BCUT2D eigenvalue weighted by Crippen LogP contribution is 2.49. The summed E-state index contributed by atoms with van der Waals surface area (Å²) in [6.45, 7) is 8.83. The molecule has 2 bridgehead atoms. The minimum absolute atomic E-state index is 0.0686. The van der Waals surface area contributed by atoms with E-state index in [1.807, 2.05) is 25.5 Å². The van der Waals surface area contributed by atoms with Gasteiger partial charge in [0, 0.05) is 11.7 Å². The Morgan fingerprint density at radius 1 is 1.35 bits per heavy atom. The first-order valence-electron chi connectivity index (χ1n) is 8.86. The molecule has 2 aliphatic rings. The predicted molar refractivity (Wildman–Crippen MR) is 95.1 cm³/mol. The summed E-state index contributed by atoms with van der Waals surface area (Å²) in [4.78, 5) is 12.6. The summed E-state index contributed by atoms with van der Waals surface area (Å²) in [5, 5.41) is 7.79. The quantitative estimate of drug-likeness (QED) is 0.841. The van der Waals surface area contributed by atoms with Gasteiger partial charge in [0.1, 0.15) is 0 Å². The van der Waals surface area contributed by atoms with E-state index in [1.54, 1.807) is 0 Å². The van der Waals surface area contributed by atoms with Crippen LogP contribution in [0.15, 0.2) is 4.47 Å². The van der Waals surface area contributed by atoms with Crippen LogP contribution >= 0.6 is 15.9 Å². The molecule has 1 aromatic heterocycles. The number of carbonyl (C=O) groups excluding carboxylic acids is 1. The van der Waals surface area contributed by atoms with Crippen molar-refractivity contribution < 1.29 is 4.79 Å². The van der Waals surface area contributed by atoms with Crippen LogP contribution in [0.5, 0.6) is 0 Å². The Morgan fingerprint density at radius 3 is 2.61 bits per heavy atom. The molecular weight excluding hydrogens is 354 g/mol. The van der Waals surface area contributed by atoms with E-state index in [1.165, 1.54) is 25.7 Å². The monoisotopic (exact) mass is 381 g/mol. The molecule has 0 radical (unpaired) electrons. The van der Waals surface area contributed by atoms with Crippen LogP contribution < -0.4 is 5.32 Å². The molecule has 128 valence electrons. The molecule has 0 saturated heterocycles. The van der Waals surface area contributed by atoms with Crippen LogP contribution in [0.3, 0.4) is 0 Å². The Hall–Kier alpha value is -0.840. The van der Waals surface area contributed by atoms with Gasteiger partial charge in [-0.05, 0) is 73.7 Å². The Kier molecular flexibility index (Phi) is 4.86. The highest BCUT2D eigenvalue weighted by Gasteiger charge is 2.42. The van der Waals surface area contributed by atoms with E-state index in [0.717, 1.165) is 27.7 Å². The number of nitrogens with one attached hydrogen (secondary N) is 1. The Labute approximate surface area is 147 Å². The summed E-state index contributed by atoms with van der Waals surface area (Å²) in [7, 11) is 0. The maximum Gasteiger partial charge on any atom is 0.224 e. The van der Waals surface area contributed by atoms with Gasteiger partial charge in [0.25, 0.3) is 0 Å². The molecule has 1 N–H and O–H groups in total. The second-order valence-electron chi connectivity index (χ2n) is 7.70. The lowest BCUT2D eigenvalue weighted by Gasteiger charge is -2.29. The van der Waals surface area contributed by atoms with E-state index in [-0.39, 0.29) is 11.8 Å². The molecule has 0 spiro atoms. The van der Waals surface area contributed by atoms with Gasteiger partial charge in [-0.3, -0.25) is 9.48 Å². The number of rotatable bonds is 5. The van der Waals surface area contributed by atoms with E-state index < -0.39 is 0 Å². The topological polar surface area (TPSA) is 46.9 Å². The average molecular weight is 382 g/mol. The fraction of sp³-hybridized carbons (Fsp3) is 0.778. The maximum absolute atomic E-state index is 12.6. The third-order valence-corrected chi connectivity index (χ3v) is 7.14. The summed E-state index contributed by atoms with van der Waals surface area (Å²) in [5.41, 5.74) is 2.06. The minimum atomic E-state index is -0.0686. The Morgan fingerprint density at radius 2 is 2.09 bits per heavy atom. The number of halogens is 1. The lowest BCUT2D eigenvalue weighted by Crippen LogP contribution is -2.43. The molecule has 0 aliphatic heterocycles. The van der Waals surface area contributed by atoms with Crippen molar-refractivity contribution in [3.63, 3.8) is 0 Å². The van der Waals surface area contributed by atoms with Crippen molar-refractivity contribution in [2.24, 2.45) is 23.7 Å². The van der Waals surface area contributed by atoms with Crippen molar-refractivity contribution in [3.8, 4) is 0 Å². The van der Waals surface area contributed by atoms with E-state index in [2.05, 4.69) is 33.3 Å². The second-order valence-corrected chi connectivity index (χ2v) is 8.50. The van der Waals surface area contributed by atoms with Gasteiger partial charge in [-0.25, -0.2) is 0 Å². The number of hydrogen-bond acceptors (Lipinski definition) is 2. The van der Waals surface area contributed by atoms with Crippen LogP contribution in [0, 0.1) is 37.5 Å². The molecule has 1 aromatic rings. The zero-order valence-electron chi connectivity index (χ0n) is 14.6. The molecule has 5 unspecified atom stereocenters. The van der Waals surface area contributed by atoms with Crippen LogP contribution in [-0.2, 0) is 11.3 Å². The van der Waals surface area contributed by atoms with Crippen molar-refractivity contribution >= 4 is 21.8 Å². The normalized spacial score (nSPS) is 28.8. The molecule has 1 heterocycles. The van der Waals surface area contributed by atoms with Gasteiger partial charge < -0.3 is 5.32 Å². The van der Waals surface area contributed by atoms with Gasteiger partial charge >= 0.3 is 0 Å². The van der Waals surface area contributed by atoms with Gasteiger partial charge in [0.2, 0.25) is 5.91 Å². The van der Waals surface area contributed by atoms with Crippen molar-refractivity contribution in [1.29, 1.82) is 0 Å². The molecule has 3 rings (SSSR count). The Bertz CT molecular complexity index is 597. The highest BCUT2D eigenvalue weighted by molar-refractivity contribution is 9.10. The van der Waals surface area contributed by atoms with Crippen LogP contribution in [0.4, 0.5) is 0 Å². The number of aryl methyl sites for hydroxylation is 1. The third-order valence-electron chi connectivity index (χ3n) is 5.99. The van der Waals surface area contributed by atoms with E-state index in [0.29, 0.717) is 18.5 Å². The molecule has 2 saturated carbocycles. The van der Waals surface area contributed by atoms with Gasteiger partial charge in [0.15, 0.2) is 0 Å². The van der Waals surface area contributed by atoms with Crippen molar-refractivity contribution in [2.75, 3.05) is 0 Å². The van der Waals surface area contributed by atoms with Crippen LogP contribution in [0.25, 0.3) is 0 Å². The largest absolute Gasteiger partial charge is 0.353 e. The summed E-state index contributed by atoms with van der Waals surface area (Å²) in [6, 6.07) is 0.299. The van der Waals surface area contributed by atoms with Gasteiger partial charge in [-0.15, -0.1) is 0 Å². The summed E-state index contributed by atoms with van der Waals surface area (Å²) < 4.78 is 2.98. The van der Waals surface area contributed by atoms with E-state index in [9.17, 15) is 4.79 Å². The smallest absolute Gasteiger partial charge is 0.224 e. The molecule has 5 heteroatoms. The molecule has 23 heavy (non-hydrogen) atoms. The first kappa shape index (κ1) is 17.0. The first-order chi connectivity index (χ1) is 10.9. The van der Waals surface area contributed by atoms with Crippen molar-refractivity contribution in [3.05, 3.63) is 15.9 Å². The second kappa shape index (κ2) is 6.58. The fourth-order valence-corrected chi connectivity index (χ4v) is 4.86. The van der Waals surface area contributed by atoms with Gasteiger partial charge in [-0.2, -0.15) is 5.10 Å². The van der Waals surface area contributed by atoms with E-state index >= 15 is 0 Å². The number of nitrogens with zero attached hydrogens (tertiary/aromatic N) is 2. The van der Waals surface area contributed by atoms with Crippen molar-refractivity contribution in [1.82, 2.24) is 15.1 Å². The number of aromatic nitrogens is 2. The number of fused-ring (bicyclic) bond motifs is 2. The molecule has 2 fully saturated rings. The molecule has 1 amide bonds. The lowest BCUT2D eigenvalue weighted by molar-refractivity contribution is -0.126. The predicted octanol–water partition coefficient (Wildman–Crippen LogP) is 3.84. The van der Waals surface area contributed by atoms with Crippen LogP contribution in [0.2, 0.25) is 0 Å². The summed E-state index contributed by atoms with van der Waals surface area (Å²) in [6.07, 6.45) is 5.47. The molecule has 5 atom stereocenters. The zero-order chi connectivity index (χ0) is 16.7. The van der Waals surface area contributed by atoms with Gasteiger partial charge in [0.05, 0.1) is 22.6 Å². The lowest BCUT2D eigenvalue weighted by atomic mass is 9.84. The van der Waals surface area contributed by atoms with Crippen LogP contribution in [0.1, 0.15) is 50.9 Å².